The lowest BCUT2D eigenvalue weighted by molar-refractivity contribution is 0.643. The fraction of sp³-hybridized carbons (Fsp3) is 0.333. The Balaban J connectivity index is 2.39. The first-order valence-electron chi connectivity index (χ1n) is 7.22. The topological polar surface area (TPSA) is 12.0 Å². The summed E-state index contributed by atoms with van der Waals surface area (Å²) in [5.74, 6) is 0.678. The minimum absolute atomic E-state index is 0.209. The lowest BCUT2D eigenvalue weighted by atomic mass is 9.95. The first-order chi connectivity index (χ1) is 10.0. The summed E-state index contributed by atoms with van der Waals surface area (Å²) in [5, 5.41) is 3.45. The molecule has 2 aromatic carbocycles. The zero-order chi connectivity index (χ0) is 15.4. The van der Waals surface area contributed by atoms with Gasteiger partial charge in [0.15, 0.2) is 0 Å². The first-order valence-corrected chi connectivity index (χ1v) is 9.09. The molecule has 2 rings (SSSR count). The van der Waals surface area contributed by atoms with Gasteiger partial charge < -0.3 is 5.32 Å². The van der Waals surface area contributed by atoms with E-state index in [0.29, 0.717) is 5.92 Å². The summed E-state index contributed by atoms with van der Waals surface area (Å²) in [4.78, 5) is 0. The molecule has 0 aromatic heterocycles. The van der Waals surface area contributed by atoms with E-state index in [0.717, 1.165) is 10.9 Å². The van der Waals surface area contributed by atoms with Gasteiger partial charge in [0, 0.05) is 8.04 Å². The van der Waals surface area contributed by atoms with Gasteiger partial charge in [-0.05, 0) is 76.9 Å². The van der Waals surface area contributed by atoms with E-state index in [1.165, 1.54) is 20.3 Å². The summed E-state index contributed by atoms with van der Waals surface area (Å²) in [6.07, 6.45) is 1.12. The number of nitrogens with one attached hydrogen (secondary N) is 1. The van der Waals surface area contributed by atoms with Gasteiger partial charge in [0.05, 0.1) is 6.04 Å². The van der Waals surface area contributed by atoms with Crippen LogP contribution in [0.2, 0.25) is 0 Å². The predicted molar refractivity (Wildman–Crippen MR) is 103 cm³/mol. The van der Waals surface area contributed by atoms with Crippen LogP contribution in [0.5, 0.6) is 0 Å². The SMILES string of the molecule is CNC(c1cccc(CC(C)C)c1)c1cc(I)ccc1Br. The molecule has 0 amide bonds. The van der Waals surface area contributed by atoms with Crippen molar-refractivity contribution >= 4 is 38.5 Å². The monoisotopic (exact) mass is 457 g/mol. The van der Waals surface area contributed by atoms with Crippen LogP contribution >= 0.6 is 38.5 Å². The standard InChI is InChI=1S/C18H21BrIN/c1-12(2)9-13-5-4-6-14(10-13)18(21-3)16-11-15(20)7-8-17(16)19/h4-8,10-12,18,21H,9H2,1-3H3. The number of halogens is 2. The maximum atomic E-state index is 3.68. The average Bonchev–Trinajstić information content (AvgIpc) is 2.43. The summed E-state index contributed by atoms with van der Waals surface area (Å²) in [5.41, 5.74) is 4.01. The molecule has 1 unspecified atom stereocenters. The van der Waals surface area contributed by atoms with Crippen LogP contribution in [-0.2, 0) is 6.42 Å². The van der Waals surface area contributed by atoms with Gasteiger partial charge in [-0.15, -0.1) is 0 Å². The fourth-order valence-corrected chi connectivity index (χ4v) is 3.60. The third-order valence-electron chi connectivity index (χ3n) is 3.49. The van der Waals surface area contributed by atoms with Gasteiger partial charge in [-0.3, -0.25) is 0 Å². The molecule has 0 bridgehead atoms. The summed E-state index contributed by atoms with van der Waals surface area (Å²) in [6, 6.07) is 15.6. The molecule has 0 aliphatic heterocycles. The second-order valence-corrected chi connectivity index (χ2v) is 7.83. The highest BCUT2D eigenvalue weighted by atomic mass is 127. The van der Waals surface area contributed by atoms with Crippen LogP contribution in [0.25, 0.3) is 0 Å². The fourth-order valence-electron chi connectivity index (χ4n) is 2.61. The maximum absolute atomic E-state index is 3.68. The van der Waals surface area contributed by atoms with Crippen LogP contribution in [0.3, 0.4) is 0 Å². The van der Waals surface area contributed by atoms with Crippen LogP contribution in [0.1, 0.15) is 36.6 Å². The molecule has 0 saturated carbocycles. The van der Waals surface area contributed by atoms with Crippen molar-refractivity contribution in [3.05, 3.63) is 67.2 Å². The molecule has 0 aliphatic rings. The number of hydrogen-bond donors (Lipinski definition) is 1. The van der Waals surface area contributed by atoms with Crippen LogP contribution in [0, 0.1) is 9.49 Å². The van der Waals surface area contributed by atoms with E-state index in [1.54, 1.807) is 0 Å². The van der Waals surface area contributed by atoms with Gasteiger partial charge in [-0.1, -0.05) is 54.0 Å². The quantitative estimate of drug-likeness (QED) is 0.579. The van der Waals surface area contributed by atoms with Crippen molar-refractivity contribution in [1.82, 2.24) is 5.32 Å². The van der Waals surface area contributed by atoms with E-state index in [-0.39, 0.29) is 6.04 Å². The van der Waals surface area contributed by atoms with Gasteiger partial charge >= 0.3 is 0 Å². The highest BCUT2D eigenvalue weighted by molar-refractivity contribution is 14.1. The van der Waals surface area contributed by atoms with Gasteiger partial charge in [-0.2, -0.15) is 0 Å². The molecule has 1 N–H and O–H groups in total. The minimum atomic E-state index is 0.209. The Morgan fingerprint density at radius 2 is 1.90 bits per heavy atom. The van der Waals surface area contributed by atoms with Crippen molar-refractivity contribution in [2.75, 3.05) is 7.05 Å². The Morgan fingerprint density at radius 1 is 1.14 bits per heavy atom. The van der Waals surface area contributed by atoms with Crippen molar-refractivity contribution in [3.8, 4) is 0 Å². The van der Waals surface area contributed by atoms with Gasteiger partial charge in [-0.25, -0.2) is 0 Å². The molecule has 0 aliphatic carbocycles. The molecule has 21 heavy (non-hydrogen) atoms. The van der Waals surface area contributed by atoms with E-state index in [4.69, 9.17) is 0 Å². The molecule has 3 heteroatoms. The molecule has 0 saturated heterocycles. The second kappa shape index (κ2) is 7.75. The Hall–Kier alpha value is -0.390. The van der Waals surface area contributed by atoms with E-state index in [2.05, 4.69) is 100 Å². The molecular formula is C18H21BrIN. The molecule has 0 heterocycles. The van der Waals surface area contributed by atoms with Crippen molar-refractivity contribution < 1.29 is 0 Å². The molecule has 0 spiro atoms. The van der Waals surface area contributed by atoms with Crippen LogP contribution < -0.4 is 5.32 Å². The molecule has 1 nitrogen and oxygen atoms in total. The Labute approximate surface area is 149 Å². The Kier molecular flexibility index (Phi) is 6.26. The minimum Gasteiger partial charge on any atom is -0.309 e. The predicted octanol–water partition coefficient (Wildman–Crippen LogP) is 5.56. The Morgan fingerprint density at radius 3 is 2.57 bits per heavy atom. The highest BCUT2D eigenvalue weighted by Crippen LogP contribution is 2.30. The lowest BCUT2D eigenvalue weighted by Crippen LogP contribution is -2.18. The number of hydrogen-bond acceptors (Lipinski definition) is 1. The van der Waals surface area contributed by atoms with Crippen molar-refractivity contribution in [2.45, 2.75) is 26.3 Å². The smallest absolute Gasteiger partial charge is 0.0585 e. The molecule has 0 radical (unpaired) electrons. The normalized spacial score (nSPS) is 12.7. The molecule has 112 valence electrons. The first kappa shape index (κ1) is 17.0. The van der Waals surface area contributed by atoms with Gasteiger partial charge in [0.1, 0.15) is 0 Å². The second-order valence-electron chi connectivity index (χ2n) is 5.73. The van der Waals surface area contributed by atoms with Gasteiger partial charge in [0.25, 0.3) is 0 Å². The van der Waals surface area contributed by atoms with Crippen LogP contribution in [0.4, 0.5) is 0 Å². The largest absolute Gasteiger partial charge is 0.309 e. The van der Waals surface area contributed by atoms with Crippen molar-refractivity contribution in [3.63, 3.8) is 0 Å². The number of rotatable bonds is 5. The molecule has 1 atom stereocenters. The summed E-state index contributed by atoms with van der Waals surface area (Å²) < 4.78 is 2.40. The zero-order valence-corrected chi connectivity index (χ0v) is 16.4. The number of benzene rings is 2. The van der Waals surface area contributed by atoms with Crippen LogP contribution in [0.15, 0.2) is 46.9 Å². The van der Waals surface area contributed by atoms with E-state index < -0.39 is 0 Å². The van der Waals surface area contributed by atoms with Crippen molar-refractivity contribution in [1.29, 1.82) is 0 Å². The maximum Gasteiger partial charge on any atom is 0.0585 e. The van der Waals surface area contributed by atoms with E-state index in [9.17, 15) is 0 Å². The highest BCUT2D eigenvalue weighted by Gasteiger charge is 2.16. The van der Waals surface area contributed by atoms with E-state index >= 15 is 0 Å². The van der Waals surface area contributed by atoms with Gasteiger partial charge in [0.2, 0.25) is 0 Å². The molecular weight excluding hydrogens is 437 g/mol. The van der Waals surface area contributed by atoms with Crippen molar-refractivity contribution in [2.24, 2.45) is 5.92 Å². The zero-order valence-electron chi connectivity index (χ0n) is 12.7. The summed E-state index contributed by atoms with van der Waals surface area (Å²) in [7, 11) is 2.02. The summed E-state index contributed by atoms with van der Waals surface area (Å²) in [6.45, 7) is 4.52. The van der Waals surface area contributed by atoms with E-state index in [1.807, 2.05) is 7.05 Å². The summed E-state index contributed by atoms with van der Waals surface area (Å²) >= 11 is 6.05. The Bertz CT molecular complexity index is 610. The third-order valence-corrected chi connectivity index (χ3v) is 4.88. The average molecular weight is 458 g/mol. The lowest BCUT2D eigenvalue weighted by Gasteiger charge is -2.20. The third kappa shape index (κ3) is 4.54. The molecule has 0 fully saturated rings. The molecule has 2 aromatic rings. The van der Waals surface area contributed by atoms with Crippen LogP contribution in [-0.4, -0.2) is 7.05 Å².